The van der Waals surface area contributed by atoms with Crippen LogP contribution in [0.5, 0.6) is 0 Å². The van der Waals surface area contributed by atoms with Crippen LogP contribution in [0.25, 0.3) is 11.2 Å². The predicted molar refractivity (Wildman–Crippen MR) is 151 cm³/mol. The van der Waals surface area contributed by atoms with Gasteiger partial charge in [-0.2, -0.15) is 4.31 Å². The number of rotatable bonds is 12. The van der Waals surface area contributed by atoms with E-state index in [-0.39, 0.29) is 29.0 Å². The molecular weight excluding hydrogens is 676 g/mol. The number of nitrogens with zero attached hydrogens (tertiary/aromatic N) is 5. The van der Waals surface area contributed by atoms with Gasteiger partial charge in [0.05, 0.1) is 19.5 Å². The van der Waals surface area contributed by atoms with Crippen LogP contribution in [-0.4, -0.2) is 122 Å². The maximum Gasteiger partial charge on any atom is 0.481 e. The maximum absolute atomic E-state index is 12.7. The van der Waals surface area contributed by atoms with Crippen molar-refractivity contribution in [1.29, 1.82) is 0 Å². The summed E-state index contributed by atoms with van der Waals surface area (Å²) in [5.41, 5.74) is 8.88. The minimum absolute atomic E-state index is 0.0166. The molecule has 2 aromatic rings. The second kappa shape index (κ2) is 13.0. The molecule has 2 aromatic heterocycles. The molecule has 10 N–H and O–H groups in total. The quantitative estimate of drug-likeness (QED) is 0.104. The molecule has 47 heavy (non-hydrogen) atoms. The van der Waals surface area contributed by atoms with E-state index >= 15 is 0 Å². The highest BCUT2D eigenvalue weighted by atomic mass is 31.3. The number of aliphatic hydroxyl groups excluding tert-OH is 4. The molecular formula is C23H31N7O15P2. The number of aromatic nitrogens is 4. The second-order valence-electron chi connectivity index (χ2n) is 10.7. The lowest BCUT2D eigenvalue weighted by molar-refractivity contribution is -0.160. The molecule has 2 saturated heterocycles. The van der Waals surface area contributed by atoms with Gasteiger partial charge in [0.25, 0.3) is 0 Å². The first-order chi connectivity index (χ1) is 22.0. The summed E-state index contributed by atoms with van der Waals surface area (Å²) in [6.45, 7) is -1.29. The van der Waals surface area contributed by atoms with Gasteiger partial charge >= 0.3 is 15.6 Å². The number of nitrogen functional groups attached to an aromatic ring is 1. The van der Waals surface area contributed by atoms with Crippen molar-refractivity contribution in [2.75, 3.05) is 18.9 Å². The maximum atomic E-state index is 12.7. The van der Waals surface area contributed by atoms with Gasteiger partial charge in [-0.15, -0.1) is 0 Å². The number of nitrogens with two attached hydrogens (primary N) is 2. The Morgan fingerprint density at radius 3 is 2.45 bits per heavy atom. The number of anilines is 1. The molecule has 3 aliphatic heterocycles. The predicted octanol–water partition coefficient (Wildman–Crippen LogP) is -2.73. The molecule has 258 valence electrons. The van der Waals surface area contributed by atoms with E-state index in [9.17, 15) is 48.9 Å². The van der Waals surface area contributed by atoms with Gasteiger partial charge in [0.15, 0.2) is 35.3 Å². The first-order valence-electron chi connectivity index (χ1n) is 13.6. The summed E-state index contributed by atoms with van der Waals surface area (Å²) >= 11 is 0. The Balaban J connectivity index is 1.22. The van der Waals surface area contributed by atoms with Crippen LogP contribution < -0.4 is 11.5 Å². The number of hydrogen-bond acceptors (Lipinski definition) is 18. The van der Waals surface area contributed by atoms with Crippen molar-refractivity contribution in [3.05, 3.63) is 36.7 Å². The third-order valence-electron chi connectivity index (χ3n) is 7.60. The Morgan fingerprint density at radius 2 is 1.77 bits per heavy atom. The minimum Gasteiger partial charge on any atom is -0.387 e. The molecule has 10 atom stereocenters. The summed E-state index contributed by atoms with van der Waals surface area (Å²) in [6.07, 6.45) is -4.80. The number of Topliss-reactive ketones (excluding diaryl/α,β-unsaturated/α-hetero) is 1. The lowest BCUT2D eigenvalue weighted by atomic mass is 9.92. The van der Waals surface area contributed by atoms with Crippen molar-refractivity contribution >= 4 is 44.3 Å². The normalized spacial score (nSPS) is 33.5. The lowest BCUT2D eigenvalue weighted by Crippen LogP contribution is -2.52. The van der Waals surface area contributed by atoms with E-state index in [1.807, 2.05) is 0 Å². The van der Waals surface area contributed by atoms with E-state index in [4.69, 9.17) is 30.0 Å². The van der Waals surface area contributed by atoms with Gasteiger partial charge in [0.1, 0.15) is 42.4 Å². The highest BCUT2D eigenvalue weighted by molar-refractivity contribution is 7.61. The van der Waals surface area contributed by atoms with Crippen LogP contribution in [0.15, 0.2) is 36.7 Å². The molecule has 22 nitrogen and oxygen atoms in total. The third-order valence-corrected chi connectivity index (χ3v) is 10.2. The van der Waals surface area contributed by atoms with E-state index in [0.29, 0.717) is 0 Å². The number of phosphoric acid groups is 2. The van der Waals surface area contributed by atoms with Crippen molar-refractivity contribution in [2.24, 2.45) is 5.73 Å². The summed E-state index contributed by atoms with van der Waals surface area (Å²) in [5.74, 6) is -1.72. The second-order valence-corrected chi connectivity index (χ2v) is 13.7. The summed E-state index contributed by atoms with van der Waals surface area (Å²) in [7, 11) is -11.1. The molecule has 5 rings (SSSR count). The van der Waals surface area contributed by atoms with Crippen molar-refractivity contribution in [3.8, 4) is 0 Å². The lowest BCUT2D eigenvalue weighted by Gasteiger charge is -2.29. The van der Waals surface area contributed by atoms with Crippen molar-refractivity contribution < 1.29 is 71.8 Å². The number of primary amides is 1. The largest absolute Gasteiger partial charge is 0.481 e. The summed E-state index contributed by atoms with van der Waals surface area (Å²) in [4.78, 5) is 57.6. The van der Waals surface area contributed by atoms with Crippen LogP contribution >= 0.6 is 15.6 Å². The number of imidazole rings is 1. The zero-order chi connectivity index (χ0) is 34.5. The summed E-state index contributed by atoms with van der Waals surface area (Å²) in [5, 5.41) is 42.4. The molecule has 3 aliphatic rings. The zero-order valence-corrected chi connectivity index (χ0v) is 26.0. The van der Waals surface area contributed by atoms with E-state index in [2.05, 4.69) is 19.3 Å². The number of aliphatic hydroxyl groups is 4. The van der Waals surface area contributed by atoms with Crippen molar-refractivity contribution in [2.45, 2.75) is 61.9 Å². The molecule has 5 heterocycles. The Kier molecular flexibility index (Phi) is 9.72. The molecule has 0 aliphatic carbocycles. The van der Waals surface area contributed by atoms with Crippen molar-refractivity contribution in [3.63, 3.8) is 0 Å². The fourth-order valence-electron chi connectivity index (χ4n) is 5.11. The molecule has 1 amide bonds. The number of fused-ring (bicyclic) bond motifs is 1. The SMILES string of the molecule is CC(=O)[C@]1(COP(=O)(O)OP(=O)(O)OC[C@H]2O[C@@H](N3C=CCC(C(N)=O)=C3)[C@H](O)[C@@H]2O)O[C@@H](n2cnc3c(N)ncnc32)[C@H](O)[C@@H]1O. The first kappa shape index (κ1) is 35.1. The van der Waals surface area contributed by atoms with Crippen LogP contribution in [-0.2, 0) is 41.6 Å². The molecule has 0 radical (unpaired) electrons. The summed E-state index contributed by atoms with van der Waals surface area (Å²) in [6, 6.07) is 0. The van der Waals surface area contributed by atoms with Gasteiger partial charge in [-0.05, 0) is 13.3 Å². The Hall–Kier alpha value is -3.21. The van der Waals surface area contributed by atoms with E-state index < -0.39 is 89.1 Å². The molecule has 0 saturated carbocycles. The molecule has 2 unspecified atom stereocenters. The average molecular weight is 707 g/mol. The number of allylic oxidation sites excluding steroid dienone is 1. The van der Waals surface area contributed by atoms with Gasteiger partial charge in [0.2, 0.25) is 5.91 Å². The number of amides is 1. The standard InChI is InChI=1S/C23H31N7O15P2/c1-10(31)23(17(35)16(34)22(44-23)30-9-28-13-18(24)26-8-27-20(13)30)7-42-47(39,40)45-46(37,38)41-6-12-14(32)15(33)21(43-12)29-4-2-3-11(5-29)19(25)36/h2,4-5,8-9,12,14-17,21-22,32-35H,3,6-7H2,1H3,(H2,25,36)(H,37,38)(H,39,40)(H2,24,26,27)/t12-,14-,15-,16-,17+,21-,22-,23+/m1/s1. The molecule has 0 aromatic carbocycles. The van der Waals surface area contributed by atoms with E-state index in [1.165, 1.54) is 17.3 Å². The average Bonchev–Trinajstić information content (AvgIpc) is 3.64. The zero-order valence-electron chi connectivity index (χ0n) is 24.2. The fourth-order valence-corrected chi connectivity index (χ4v) is 7.22. The van der Waals surface area contributed by atoms with Crippen LogP contribution in [0.1, 0.15) is 19.6 Å². The molecule has 2 fully saturated rings. The highest BCUT2D eigenvalue weighted by Crippen LogP contribution is 2.61. The third kappa shape index (κ3) is 6.87. The number of carbonyl (C=O) groups excluding carboxylic acids is 2. The van der Waals surface area contributed by atoms with Gasteiger partial charge in [0, 0.05) is 18.0 Å². The number of carbonyl (C=O) groups is 2. The molecule has 0 spiro atoms. The smallest absolute Gasteiger partial charge is 0.387 e. The van der Waals surface area contributed by atoms with Gasteiger partial charge in [-0.1, -0.05) is 6.08 Å². The number of phosphoric ester groups is 2. The van der Waals surface area contributed by atoms with Gasteiger partial charge < -0.3 is 56.1 Å². The van der Waals surface area contributed by atoms with Gasteiger partial charge in [-0.25, -0.2) is 24.1 Å². The van der Waals surface area contributed by atoms with E-state index in [1.54, 1.807) is 6.08 Å². The Bertz CT molecular complexity index is 1710. The Morgan fingerprint density at radius 1 is 1.06 bits per heavy atom. The topological polar surface area (TPSA) is 335 Å². The number of ketones is 1. The Labute approximate surface area is 264 Å². The van der Waals surface area contributed by atoms with Crippen LogP contribution in [0.2, 0.25) is 0 Å². The van der Waals surface area contributed by atoms with Crippen LogP contribution in [0.4, 0.5) is 5.82 Å². The number of ether oxygens (including phenoxy) is 2. The van der Waals surface area contributed by atoms with Crippen LogP contribution in [0, 0.1) is 0 Å². The monoisotopic (exact) mass is 707 g/mol. The van der Waals surface area contributed by atoms with Crippen molar-refractivity contribution in [1.82, 2.24) is 24.4 Å². The number of hydrogen-bond donors (Lipinski definition) is 8. The molecule has 24 heteroatoms. The van der Waals surface area contributed by atoms with E-state index in [0.717, 1.165) is 24.1 Å². The van der Waals surface area contributed by atoms with Gasteiger partial charge in [-0.3, -0.25) is 23.2 Å². The fraction of sp³-hybridized carbons (Fsp3) is 0.522. The highest BCUT2D eigenvalue weighted by Gasteiger charge is 2.59. The first-order valence-corrected chi connectivity index (χ1v) is 16.6. The minimum atomic E-state index is -5.60. The van der Waals surface area contributed by atoms with Crippen LogP contribution in [0.3, 0.4) is 0 Å². The molecule has 0 bridgehead atoms. The summed E-state index contributed by atoms with van der Waals surface area (Å²) < 4.78 is 51.3.